The number of carbonyl (C=O) groups excluding carboxylic acids is 1. The summed E-state index contributed by atoms with van der Waals surface area (Å²) in [6, 6.07) is 7.83. The molecule has 0 radical (unpaired) electrons. The average Bonchev–Trinajstić information content (AvgIpc) is 2.68. The van der Waals surface area contributed by atoms with E-state index in [1.807, 2.05) is 24.3 Å². The zero-order valence-corrected chi connectivity index (χ0v) is 11.6. The number of hydrogen-bond donors (Lipinski definition) is 3. The van der Waals surface area contributed by atoms with Crippen LogP contribution in [0.25, 0.3) is 10.9 Å². The van der Waals surface area contributed by atoms with E-state index in [4.69, 9.17) is 5.73 Å². The van der Waals surface area contributed by atoms with Crippen LogP contribution in [0.5, 0.6) is 0 Å². The van der Waals surface area contributed by atoms with Gasteiger partial charge in [-0.15, -0.1) is 0 Å². The van der Waals surface area contributed by atoms with Crippen molar-refractivity contribution in [3.8, 4) is 0 Å². The van der Waals surface area contributed by atoms with Gasteiger partial charge in [-0.25, -0.2) is 0 Å². The zero-order chi connectivity index (χ0) is 13.9. The number of nitrogens with two attached hydrogens (primary N) is 1. The number of H-pyrrole nitrogens is 1. The lowest BCUT2D eigenvalue weighted by Gasteiger charge is -2.15. The molecule has 1 amide bonds. The minimum atomic E-state index is -0.00771. The first-order valence-corrected chi connectivity index (χ1v) is 7.41. The molecule has 1 aromatic carbocycles. The molecule has 0 unspecified atom stereocenters. The van der Waals surface area contributed by atoms with Crippen LogP contribution in [0.1, 0.15) is 49.0 Å². The SMILES string of the molecule is Nc1ccc2[nH]c(C(=O)NC3CCCCCC3)cc2c1. The van der Waals surface area contributed by atoms with Crippen LogP contribution >= 0.6 is 0 Å². The van der Waals surface area contributed by atoms with E-state index in [1.165, 1.54) is 25.7 Å². The Hall–Kier alpha value is -1.97. The Morgan fingerprint density at radius 3 is 2.65 bits per heavy atom. The van der Waals surface area contributed by atoms with Crippen LogP contribution in [-0.4, -0.2) is 16.9 Å². The Morgan fingerprint density at radius 2 is 1.90 bits per heavy atom. The van der Waals surface area contributed by atoms with Crippen molar-refractivity contribution in [1.29, 1.82) is 0 Å². The third-order valence-electron chi connectivity index (χ3n) is 4.08. The summed E-state index contributed by atoms with van der Waals surface area (Å²) in [5.74, 6) is -0.00771. The first-order chi connectivity index (χ1) is 9.72. The quantitative estimate of drug-likeness (QED) is 0.580. The van der Waals surface area contributed by atoms with Crippen molar-refractivity contribution in [2.75, 3.05) is 5.73 Å². The molecule has 0 spiro atoms. The smallest absolute Gasteiger partial charge is 0.267 e. The zero-order valence-electron chi connectivity index (χ0n) is 11.6. The van der Waals surface area contributed by atoms with Crippen molar-refractivity contribution >= 4 is 22.5 Å². The molecule has 1 aliphatic carbocycles. The predicted octanol–water partition coefficient (Wildman–Crippen LogP) is 3.20. The molecule has 1 fully saturated rings. The van der Waals surface area contributed by atoms with E-state index >= 15 is 0 Å². The van der Waals surface area contributed by atoms with Crippen LogP contribution < -0.4 is 11.1 Å². The van der Waals surface area contributed by atoms with Crippen molar-refractivity contribution < 1.29 is 4.79 Å². The lowest BCUT2D eigenvalue weighted by Crippen LogP contribution is -2.34. The highest BCUT2D eigenvalue weighted by molar-refractivity contribution is 5.98. The normalized spacial score (nSPS) is 17.0. The number of fused-ring (bicyclic) bond motifs is 1. The molecule has 1 saturated carbocycles. The monoisotopic (exact) mass is 271 g/mol. The molecule has 106 valence electrons. The van der Waals surface area contributed by atoms with Gasteiger partial charge in [0.15, 0.2) is 0 Å². The molecule has 3 rings (SSSR count). The van der Waals surface area contributed by atoms with Crippen molar-refractivity contribution in [1.82, 2.24) is 10.3 Å². The summed E-state index contributed by atoms with van der Waals surface area (Å²) in [4.78, 5) is 15.5. The fourth-order valence-electron chi connectivity index (χ4n) is 2.96. The van der Waals surface area contributed by atoms with Gasteiger partial charge in [0.05, 0.1) is 0 Å². The number of benzene rings is 1. The van der Waals surface area contributed by atoms with Gasteiger partial charge in [-0.05, 0) is 37.1 Å². The van der Waals surface area contributed by atoms with E-state index in [0.717, 1.165) is 23.7 Å². The van der Waals surface area contributed by atoms with Gasteiger partial charge in [0.1, 0.15) is 5.69 Å². The van der Waals surface area contributed by atoms with E-state index in [9.17, 15) is 4.79 Å². The van der Waals surface area contributed by atoms with E-state index in [2.05, 4.69) is 10.3 Å². The maximum atomic E-state index is 12.3. The fourth-order valence-corrected chi connectivity index (χ4v) is 2.96. The summed E-state index contributed by atoms with van der Waals surface area (Å²) in [6.45, 7) is 0. The number of aromatic nitrogens is 1. The van der Waals surface area contributed by atoms with Crippen LogP contribution in [0.4, 0.5) is 5.69 Å². The van der Waals surface area contributed by atoms with Crippen molar-refractivity contribution in [2.45, 2.75) is 44.6 Å². The van der Waals surface area contributed by atoms with Gasteiger partial charge in [-0.3, -0.25) is 4.79 Å². The molecule has 1 aliphatic rings. The van der Waals surface area contributed by atoms with Crippen molar-refractivity contribution in [2.24, 2.45) is 0 Å². The summed E-state index contributed by atoms with van der Waals surface area (Å²) in [5, 5.41) is 4.13. The molecule has 0 saturated heterocycles. The van der Waals surface area contributed by atoms with Crippen LogP contribution in [0, 0.1) is 0 Å². The Balaban J connectivity index is 1.74. The predicted molar refractivity (Wildman–Crippen MR) is 81.7 cm³/mol. The van der Waals surface area contributed by atoms with E-state index < -0.39 is 0 Å². The molecule has 0 aliphatic heterocycles. The third-order valence-corrected chi connectivity index (χ3v) is 4.08. The van der Waals surface area contributed by atoms with Gasteiger partial charge in [-0.1, -0.05) is 25.7 Å². The standard InChI is InChI=1S/C16H21N3O/c17-12-7-8-14-11(9-12)10-15(19-14)16(20)18-13-5-3-1-2-4-6-13/h7-10,13,19H,1-6,17H2,(H,18,20). The Kier molecular flexibility index (Phi) is 3.63. The van der Waals surface area contributed by atoms with Gasteiger partial charge in [0.2, 0.25) is 0 Å². The molecule has 2 aromatic rings. The van der Waals surface area contributed by atoms with Gasteiger partial charge in [0, 0.05) is 22.6 Å². The average molecular weight is 271 g/mol. The van der Waals surface area contributed by atoms with Gasteiger partial charge in [0.25, 0.3) is 5.91 Å². The maximum Gasteiger partial charge on any atom is 0.267 e. The molecule has 4 heteroatoms. The fraction of sp³-hybridized carbons (Fsp3) is 0.438. The minimum absolute atomic E-state index is 0.00771. The number of nitrogens with one attached hydrogen (secondary N) is 2. The summed E-state index contributed by atoms with van der Waals surface area (Å²) in [7, 11) is 0. The van der Waals surface area contributed by atoms with Gasteiger partial charge < -0.3 is 16.0 Å². The summed E-state index contributed by atoms with van der Waals surface area (Å²) in [5.41, 5.74) is 8.05. The molecule has 4 nitrogen and oxygen atoms in total. The van der Waals surface area contributed by atoms with Crippen LogP contribution in [0.2, 0.25) is 0 Å². The lowest BCUT2D eigenvalue weighted by atomic mass is 10.1. The Morgan fingerprint density at radius 1 is 1.15 bits per heavy atom. The Bertz CT molecular complexity index is 609. The van der Waals surface area contributed by atoms with Crippen LogP contribution in [0.3, 0.4) is 0 Å². The number of carbonyl (C=O) groups is 1. The molecule has 20 heavy (non-hydrogen) atoms. The highest BCUT2D eigenvalue weighted by Gasteiger charge is 2.17. The molecule has 1 heterocycles. The summed E-state index contributed by atoms with van der Waals surface area (Å²) >= 11 is 0. The highest BCUT2D eigenvalue weighted by Crippen LogP contribution is 2.20. The van der Waals surface area contributed by atoms with Gasteiger partial charge in [-0.2, -0.15) is 0 Å². The minimum Gasteiger partial charge on any atom is -0.399 e. The summed E-state index contributed by atoms with van der Waals surface area (Å²) < 4.78 is 0. The molecular formula is C16H21N3O. The maximum absolute atomic E-state index is 12.3. The number of hydrogen-bond acceptors (Lipinski definition) is 2. The molecular weight excluding hydrogens is 250 g/mol. The summed E-state index contributed by atoms with van der Waals surface area (Å²) in [6.07, 6.45) is 7.20. The largest absolute Gasteiger partial charge is 0.399 e. The first-order valence-electron chi connectivity index (χ1n) is 7.41. The lowest BCUT2D eigenvalue weighted by molar-refractivity contribution is 0.0929. The second kappa shape index (κ2) is 5.57. The molecule has 1 aromatic heterocycles. The second-order valence-electron chi connectivity index (χ2n) is 5.69. The van der Waals surface area contributed by atoms with E-state index in [-0.39, 0.29) is 5.91 Å². The molecule has 4 N–H and O–H groups in total. The number of rotatable bonds is 2. The van der Waals surface area contributed by atoms with Crippen molar-refractivity contribution in [3.63, 3.8) is 0 Å². The number of aromatic amines is 1. The number of amides is 1. The van der Waals surface area contributed by atoms with E-state index in [1.54, 1.807) is 0 Å². The van der Waals surface area contributed by atoms with Crippen molar-refractivity contribution in [3.05, 3.63) is 30.0 Å². The van der Waals surface area contributed by atoms with Gasteiger partial charge >= 0.3 is 0 Å². The second-order valence-corrected chi connectivity index (χ2v) is 5.69. The van der Waals surface area contributed by atoms with Crippen LogP contribution in [-0.2, 0) is 0 Å². The number of anilines is 1. The Labute approximate surface area is 118 Å². The first kappa shape index (κ1) is 13.0. The highest BCUT2D eigenvalue weighted by atomic mass is 16.1. The van der Waals surface area contributed by atoms with Crippen LogP contribution in [0.15, 0.2) is 24.3 Å². The molecule has 0 bridgehead atoms. The topological polar surface area (TPSA) is 70.9 Å². The molecule has 0 atom stereocenters. The third kappa shape index (κ3) is 2.79. The van der Waals surface area contributed by atoms with E-state index in [0.29, 0.717) is 17.4 Å². The number of nitrogen functional groups attached to an aromatic ring is 1.